The number of piperidine rings is 1. The average Bonchev–Trinajstić information content (AvgIpc) is 2.70. The molecule has 1 fully saturated rings. The second-order valence-electron chi connectivity index (χ2n) is 7.19. The van der Waals surface area contributed by atoms with Crippen LogP contribution in [0.25, 0.3) is 0 Å². The normalized spacial score (nSPS) is 15.8. The molecule has 0 spiro atoms. The van der Waals surface area contributed by atoms with Gasteiger partial charge in [0.15, 0.2) is 0 Å². The molecule has 29 heavy (non-hydrogen) atoms. The van der Waals surface area contributed by atoms with E-state index >= 15 is 0 Å². The van der Waals surface area contributed by atoms with Crippen LogP contribution in [0, 0.1) is 12.8 Å². The molecule has 0 atom stereocenters. The van der Waals surface area contributed by atoms with E-state index in [1.54, 1.807) is 18.2 Å². The fourth-order valence-electron chi connectivity index (χ4n) is 3.47. The second kappa shape index (κ2) is 9.15. The lowest BCUT2D eigenvalue weighted by Crippen LogP contribution is -2.42. The SMILES string of the molecule is COc1ccc(Cl)cc1NC(=O)C1CCN(S(=O)(=O)Cc2ccccc2C)CC1. The van der Waals surface area contributed by atoms with Gasteiger partial charge in [-0.1, -0.05) is 35.9 Å². The zero-order chi connectivity index (χ0) is 21.0. The molecule has 0 aromatic heterocycles. The van der Waals surface area contributed by atoms with Gasteiger partial charge < -0.3 is 10.1 Å². The molecule has 1 aliphatic rings. The molecule has 0 radical (unpaired) electrons. The number of nitrogens with one attached hydrogen (secondary N) is 1. The van der Waals surface area contributed by atoms with E-state index in [9.17, 15) is 13.2 Å². The Kier molecular flexibility index (Phi) is 6.82. The zero-order valence-corrected chi connectivity index (χ0v) is 18.1. The third-order valence-corrected chi connectivity index (χ3v) is 7.30. The topological polar surface area (TPSA) is 75.7 Å². The van der Waals surface area contributed by atoms with Crippen LogP contribution in [0.1, 0.15) is 24.0 Å². The highest BCUT2D eigenvalue weighted by atomic mass is 35.5. The number of aryl methyl sites for hydroxylation is 1. The Morgan fingerprint density at radius 1 is 1.21 bits per heavy atom. The number of carbonyl (C=O) groups is 1. The van der Waals surface area contributed by atoms with Crippen molar-refractivity contribution >= 4 is 33.2 Å². The van der Waals surface area contributed by atoms with Gasteiger partial charge in [0, 0.05) is 24.0 Å². The summed E-state index contributed by atoms with van der Waals surface area (Å²) in [4.78, 5) is 12.7. The van der Waals surface area contributed by atoms with Crippen LogP contribution in [0.15, 0.2) is 42.5 Å². The number of rotatable bonds is 6. The highest BCUT2D eigenvalue weighted by molar-refractivity contribution is 7.88. The van der Waals surface area contributed by atoms with Gasteiger partial charge in [-0.25, -0.2) is 12.7 Å². The first kappa shape index (κ1) is 21.6. The smallest absolute Gasteiger partial charge is 0.227 e. The first-order chi connectivity index (χ1) is 13.8. The lowest BCUT2D eigenvalue weighted by molar-refractivity contribution is -0.120. The van der Waals surface area contributed by atoms with Gasteiger partial charge in [0.2, 0.25) is 15.9 Å². The summed E-state index contributed by atoms with van der Waals surface area (Å²) in [6.45, 7) is 2.57. The molecule has 0 bridgehead atoms. The van der Waals surface area contributed by atoms with Crippen LogP contribution < -0.4 is 10.1 Å². The molecule has 1 saturated heterocycles. The van der Waals surface area contributed by atoms with E-state index in [1.807, 2.05) is 31.2 Å². The van der Waals surface area contributed by atoms with Crippen molar-refractivity contribution < 1.29 is 17.9 Å². The predicted molar refractivity (Wildman–Crippen MR) is 115 cm³/mol. The van der Waals surface area contributed by atoms with E-state index in [1.165, 1.54) is 11.4 Å². The fraction of sp³-hybridized carbons (Fsp3) is 0.381. The van der Waals surface area contributed by atoms with Crippen LogP contribution in [-0.2, 0) is 20.6 Å². The quantitative estimate of drug-likeness (QED) is 0.746. The molecule has 0 aliphatic carbocycles. The van der Waals surface area contributed by atoms with Crippen molar-refractivity contribution in [3.63, 3.8) is 0 Å². The van der Waals surface area contributed by atoms with Crippen LogP contribution in [0.2, 0.25) is 5.02 Å². The summed E-state index contributed by atoms with van der Waals surface area (Å²) in [5, 5.41) is 3.35. The van der Waals surface area contributed by atoms with Crippen molar-refractivity contribution in [3.8, 4) is 5.75 Å². The molecule has 1 aliphatic heterocycles. The lowest BCUT2D eigenvalue weighted by Gasteiger charge is -2.30. The van der Waals surface area contributed by atoms with Gasteiger partial charge >= 0.3 is 0 Å². The van der Waals surface area contributed by atoms with E-state index < -0.39 is 10.0 Å². The van der Waals surface area contributed by atoms with Gasteiger partial charge in [0.25, 0.3) is 0 Å². The van der Waals surface area contributed by atoms with Crippen molar-refractivity contribution in [1.29, 1.82) is 0 Å². The van der Waals surface area contributed by atoms with Crippen molar-refractivity contribution in [2.24, 2.45) is 5.92 Å². The molecular formula is C21H25ClN2O4S. The summed E-state index contributed by atoms with van der Waals surface area (Å²) < 4.78 is 32.3. The predicted octanol–water partition coefficient (Wildman–Crippen LogP) is 3.84. The number of benzene rings is 2. The van der Waals surface area contributed by atoms with E-state index in [0.29, 0.717) is 42.4 Å². The Morgan fingerprint density at radius 2 is 1.90 bits per heavy atom. The van der Waals surface area contributed by atoms with Crippen molar-refractivity contribution in [2.75, 3.05) is 25.5 Å². The number of hydrogen-bond acceptors (Lipinski definition) is 4. The third kappa shape index (κ3) is 5.29. The minimum atomic E-state index is -3.42. The van der Waals surface area contributed by atoms with Gasteiger partial charge in [-0.2, -0.15) is 0 Å². The van der Waals surface area contributed by atoms with Crippen LogP contribution >= 0.6 is 11.6 Å². The number of anilines is 1. The molecule has 6 nitrogen and oxygen atoms in total. The standard InChI is InChI=1S/C21H25ClN2O4S/c1-15-5-3-4-6-17(15)14-29(26,27)24-11-9-16(10-12-24)21(25)23-19-13-18(22)7-8-20(19)28-2/h3-8,13,16H,9-12,14H2,1-2H3,(H,23,25). The number of ether oxygens (including phenoxy) is 1. The summed E-state index contributed by atoms with van der Waals surface area (Å²) in [5.41, 5.74) is 2.28. The van der Waals surface area contributed by atoms with Crippen molar-refractivity contribution in [2.45, 2.75) is 25.5 Å². The maximum absolute atomic E-state index is 12.8. The number of hydrogen-bond donors (Lipinski definition) is 1. The average molecular weight is 437 g/mol. The van der Waals surface area contributed by atoms with Crippen LogP contribution in [0.3, 0.4) is 0 Å². The molecule has 0 unspecified atom stereocenters. The molecule has 2 aromatic rings. The summed E-state index contributed by atoms with van der Waals surface area (Å²) in [7, 11) is -1.89. The maximum atomic E-state index is 12.8. The molecule has 156 valence electrons. The number of methoxy groups -OCH3 is 1. The number of halogens is 1. The number of carbonyl (C=O) groups excluding carboxylic acids is 1. The molecule has 1 N–H and O–H groups in total. The zero-order valence-electron chi connectivity index (χ0n) is 16.5. The second-order valence-corrected chi connectivity index (χ2v) is 9.60. The number of amides is 1. The first-order valence-corrected chi connectivity index (χ1v) is 11.5. The molecule has 2 aromatic carbocycles. The Hall–Kier alpha value is -2.09. The highest BCUT2D eigenvalue weighted by Gasteiger charge is 2.31. The largest absolute Gasteiger partial charge is 0.495 e. The lowest BCUT2D eigenvalue weighted by atomic mass is 9.97. The minimum Gasteiger partial charge on any atom is -0.495 e. The molecule has 0 saturated carbocycles. The van der Waals surface area contributed by atoms with Gasteiger partial charge in [0.1, 0.15) is 5.75 Å². The monoisotopic (exact) mass is 436 g/mol. The molecular weight excluding hydrogens is 412 g/mol. The van der Waals surface area contributed by atoms with Crippen molar-refractivity contribution in [1.82, 2.24) is 4.31 Å². The van der Waals surface area contributed by atoms with E-state index in [4.69, 9.17) is 16.3 Å². The van der Waals surface area contributed by atoms with Crippen LogP contribution in [0.5, 0.6) is 5.75 Å². The van der Waals surface area contributed by atoms with Crippen LogP contribution in [-0.4, -0.2) is 38.8 Å². The minimum absolute atomic E-state index is 0.0176. The molecule has 1 amide bonds. The first-order valence-electron chi connectivity index (χ1n) is 9.47. The molecule has 8 heteroatoms. The summed E-state index contributed by atoms with van der Waals surface area (Å²) >= 11 is 6.01. The van der Waals surface area contributed by atoms with Crippen LogP contribution in [0.4, 0.5) is 5.69 Å². The van der Waals surface area contributed by atoms with Gasteiger partial charge in [0.05, 0.1) is 18.6 Å². The summed E-state index contributed by atoms with van der Waals surface area (Å²) in [5.74, 6) is 0.0992. The van der Waals surface area contributed by atoms with E-state index in [0.717, 1.165) is 11.1 Å². The third-order valence-electron chi connectivity index (χ3n) is 5.24. The van der Waals surface area contributed by atoms with E-state index in [-0.39, 0.29) is 17.6 Å². The number of sulfonamides is 1. The highest BCUT2D eigenvalue weighted by Crippen LogP contribution is 2.29. The van der Waals surface area contributed by atoms with Gasteiger partial charge in [-0.15, -0.1) is 0 Å². The van der Waals surface area contributed by atoms with Gasteiger partial charge in [-0.3, -0.25) is 4.79 Å². The maximum Gasteiger partial charge on any atom is 0.227 e. The van der Waals surface area contributed by atoms with Gasteiger partial charge in [-0.05, 0) is 49.1 Å². The fourth-order valence-corrected chi connectivity index (χ4v) is 5.31. The van der Waals surface area contributed by atoms with E-state index in [2.05, 4.69) is 5.32 Å². The Labute approximate surface area is 176 Å². The van der Waals surface area contributed by atoms with Crippen molar-refractivity contribution in [3.05, 3.63) is 58.6 Å². The Bertz CT molecular complexity index is 986. The Morgan fingerprint density at radius 3 is 2.55 bits per heavy atom. The summed E-state index contributed by atoms with van der Waals surface area (Å²) in [6.07, 6.45) is 0.948. The molecule has 1 heterocycles. The summed E-state index contributed by atoms with van der Waals surface area (Å²) in [6, 6.07) is 12.5. The number of nitrogens with zero attached hydrogens (tertiary/aromatic N) is 1. The Balaban J connectivity index is 1.61. The molecule has 3 rings (SSSR count).